The largest absolute Gasteiger partial charge is 0.478 e. The summed E-state index contributed by atoms with van der Waals surface area (Å²) in [5, 5.41) is 9.19. The minimum atomic E-state index is -1.04. The van der Waals surface area contributed by atoms with Crippen molar-refractivity contribution in [3.63, 3.8) is 0 Å². The van der Waals surface area contributed by atoms with E-state index in [4.69, 9.17) is 4.74 Å². The lowest BCUT2D eigenvalue weighted by Gasteiger charge is -2.39. The van der Waals surface area contributed by atoms with Crippen molar-refractivity contribution >= 4 is 17.6 Å². The van der Waals surface area contributed by atoms with Crippen molar-refractivity contribution in [1.29, 1.82) is 0 Å². The number of hydrogen-bond acceptors (Lipinski definition) is 3. The number of carbonyl (C=O) groups excluding carboxylic acids is 1. The Kier molecular flexibility index (Phi) is 3.56. The van der Waals surface area contributed by atoms with Crippen LogP contribution in [0.5, 0.6) is 5.75 Å². The molecule has 1 heterocycles. The normalized spacial score (nSPS) is 15.7. The van der Waals surface area contributed by atoms with E-state index in [2.05, 4.69) is 0 Å². The van der Waals surface area contributed by atoms with Gasteiger partial charge in [-0.05, 0) is 37.6 Å². The molecular weight excluding hydrogens is 294 g/mol. The van der Waals surface area contributed by atoms with Gasteiger partial charge in [0.25, 0.3) is 5.91 Å². The van der Waals surface area contributed by atoms with Gasteiger partial charge >= 0.3 is 5.97 Å². The number of benzene rings is 2. The number of aromatic carboxylic acids is 1. The van der Waals surface area contributed by atoms with Crippen LogP contribution in [0.4, 0.5) is 5.69 Å². The van der Waals surface area contributed by atoms with E-state index in [0.717, 1.165) is 5.56 Å². The number of fused-ring (bicyclic) bond motifs is 1. The van der Waals surface area contributed by atoms with Crippen LogP contribution >= 0.6 is 0 Å². The first-order chi connectivity index (χ1) is 10.9. The van der Waals surface area contributed by atoms with Gasteiger partial charge < -0.3 is 14.7 Å². The molecule has 1 aliphatic rings. The molecule has 0 aliphatic carbocycles. The molecule has 0 aromatic heterocycles. The van der Waals surface area contributed by atoms with E-state index < -0.39 is 11.6 Å². The van der Waals surface area contributed by atoms with Crippen LogP contribution in [0.2, 0.25) is 0 Å². The number of carboxylic acid groups (broad SMARTS) is 1. The second-order valence-corrected chi connectivity index (χ2v) is 5.98. The first-order valence-electron chi connectivity index (χ1n) is 7.31. The summed E-state index contributed by atoms with van der Waals surface area (Å²) in [4.78, 5) is 25.5. The maximum absolute atomic E-state index is 12.7. The summed E-state index contributed by atoms with van der Waals surface area (Å²) < 4.78 is 5.75. The lowest BCUT2D eigenvalue weighted by Crippen LogP contribution is -2.52. The lowest BCUT2D eigenvalue weighted by molar-refractivity contribution is -0.132. The van der Waals surface area contributed by atoms with Gasteiger partial charge in [0.15, 0.2) is 5.60 Å². The van der Waals surface area contributed by atoms with Crippen molar-refractivity contribution < 1.29 is 19.4 Å². The number of rotatable bonds is 3. The van der Waals surface area contributed by atoms with Crippen molar-refractivity contribution in [2.75, 3.05) is 4.90 Å². The van der Waals surface area contributed by atoms with E-state index in [-0.39, 0.29) is 11.5 Å². The number of ether oxygens (including phenoxy) is 1. The van der Waals surface area contributed by atoms with Gasteiger partial charge in [0.1, 0.15) is 5.75 Å². The van der Waals surface area contributed by atoms with Crippen LogP contribution in [0.3, 0.4) is 0 Å². The molecule has 0 saturated heterocycles. The van der Waals surface area contributed by atoms with Crippen molar-refractivity contribution in [2.45, 2.75) is 26.0 Å². The number of anilines is 1. The van der Waals surface area contributed by atoms with Crippen LogP contribution < -0.4 is 9.64 Å². The molecule has 118 valence electrons. The second-order valence-electron chi connectivity index (χ2n) is 5.98. The molecule has 3 rings (SSSR count). The summed E-state index contributed by atoms with van der Waals surface area (Å²) in [5.41, 5.74) is 0.577. The summed E-state index contributed by atoms with van der Waals surface area (Å²) in [7, 11) is 0. The molecular formula is C18H17NO4. The number of nitrogens with zero attached hydrogens (tertiary/aromatic N) is 1. The molecule has 23 heavy (non-hydrogen) atoms. The van der Waals surface area contributed by atoms with Crippen LogP contribution in [-0.4, -0.2) is 22.6 Å². The highest BCUT2D eigenvalue weighted by Gasteiger charge is 2.41. The second kappa shape index (κ2) is 5.43. The summed E-state index contributed by atoms with van der Waals surface area (Å²) in [6, 6.07) is 14.1. The Balaban J connectivity index is 2.07. The van der Waals surface area contributed by atoms with Crippen molar-refractivity contribution in [1.82, 2.24) is 0 Å². The summed E-state index contributed by atoms with van der Waals surface area (Å²) >= 11 is 0. The van der Waals surface area contributed by atoms with Gasteiger partial charge in [0.05, 0.1) is 17.8 Å². The zero-order valence-electron chi connectivity index (χ0n) is 12.9. The predicted octanol–water partition coefficient (Wildman–Crippen LogP) is 3.09. The average molecular weight is 311 g/mol. The highest BCUT2D eigenvalue weighted by atomic mass is 16.5. The van der Waals surface area contributed by atoms with Gasteiger partial charge in [-0.15, -0.1) is 0 Å². The standard InChI is InChI=1S/C18H17NO4/c1-18(2)17(22)19(11-12-6-4-3-5-7-12)14-10-13(16(20)21)8-9-15(14)23-18/h3-10H,11H2,1-2H3,(H,20,21). The number of carboxylic acids is 1. The zero-order chi connectivity index (χ0) is 16.6. The molecule has 0 fully saturated rings. The molecule has 0 unspecified atom stereocenters. The third-order valence-corrected chi connectivity index (χ3v) is 3.81. The quantitative estimate of drug-likeness (QED) is 0.946. The molecule has 5 heteroatoms. The van der Waals surface area contributed by atoms with Crippen molar-refractivity contribution in [3.05, 3.63) is 59.7 Å². The molecule has 2 aromatic rings. The summed E-state index contributed by atoms with van der Waals surface area (Å²) in [6.45, 7) is 3.78. The molecule has 0 atom stereocenters. The zero-order valence-corrected chi connectivity index (χ0v) is 12.9. The first-order valence-corrected chi connectivity index (χ1v) is 7.31. The van der Waals surface area contributed by atoms with Crippen LogP contribution in [0.15, 0.2) is 48.5 Å². The van der Waals surface area contributed by atoms with Gasteiger partial charge in [-0.3, -0.25) is 4.79 Å². The number of amides is 1. The first kappa shape index (κ1) is 15.1. The van der Waals surface area contributed by atoms with Crippen molar-refractivity contribution in [3.8, 4) is 5.75 Å². The Morgan fingerprint density at radius 1 is 1.17 bits per heavy atom. The van der Waals surface area contributed by atoms with Crippen molar-refractivity contribution in [2.24, 2.45) is 0 Å². The molecule has 2 aromatic carbocycles. The topological polar surface area (TPSA) is 66.8 Å². The van der Waals surface area contributed by atoms with Gasteiger partial charge in [0, 0.05) is 0 Å². The molecule has 0 saturated carbocycles. The molecule has 0 bridgehead atoms. The Morgan fingerprint density at radius 3 is 2.52 bits per heavy atom. The fourth-order valence-electron chi connectivity index (χ4n) is 2.62. The SMILES string of the molecule is CC1(C)Oc2ccc(C(=O)O)cc2N(Cc2ccccc2)C1=O. The number of hydrogen-bond donors (Lipinski definition) is 1. The Hall–Kier alpha value is -2.82. The number of carbonyl (C=O) groups is 2. The van der Waals surface area contributed by atoms with E-state index in [0.29, 0.717) is 18.0 Å². The highest BCUT2D eigenvalue weighted by molar-refractivity contribution is 6.03. The minimum absolute atomic E-state index is 0.123. The van der Waals surface area contributed by atoms with E-state index in [1.807, 2.05) is 30.3 Å². The Morgan fingerprint density at radius 2 is 1.87 bits per heavy atom. The monoisotopic (exact) mass is 311 g/mol. The lowest BCUT2D eigenvalue weighted by atomic mass is 10.0. The average Bonchev–Trinajstić information content (AvgIpc) is 2.52. The molecule has 0 radical (unpaired) electrons. The molecule has 1 N–H and O–H groups in total. The van der Waals surface area contributed by atoms with Gasteiger partial charge in [-0.2, -0.15) is 0 Å². The Bertz CT molecular complexity index is 768. The minimum Gasteiger partial charge on any atom is -0.478 e. The molecule has 1 amide bonds. The Labute approximate surface area is 134 Å². The van der Waals surface area contributed by atoms with E-state index >= 15 is 0 Å². The van der Waals surface area contributed by atoms with Crippen LogP contribution in [-0.2, 0) is 11.3 Å². The maximum atomic E-state index is 12.7. The van der Waals surface area contributed by atoms with Crippen LogP contribution in [0, 0.1) is 0 Å². The molecule has 5 nitrogen and oxygen atoms in total. The predicted molar refractivity (Wildman–Crippen MR) is 85.7 cm³/mol. The van der Waals surface area contributed by atoms with Gasteiger partial charge in [-0.1, -0.05) is 30.3 Å². The van der Waals surface area contributed by atoms with E-state index in [9.17, 15) is 14.7 Å². The van der Waals surface area contributed by atoms with Crippen LogP contribution in [0.25, 0.3) is 0 Å². The highest BCUT2D eigenvalue weighted by Crippen LogP contribution is 2.39. The maximum Gasteiger partial charge on any atom is 0.335 e. The smallest absolute Gasteiger partial charge is 0.335 e. The third-order valence-electron chi connectivity index (χ3n) is 3.81. The third kappa shape index (κ3) is 2.77. The van der Waals surface area contributed by atoms with E-state index in [1.54, 1.807) is 24.8 Å². The summed E-state index contributed by atoms with van der Waals surface area (Å²) in [5.74, 6) is -0.725. The molecule has 1 aliphatic heterocycles. The van der Waals surface area contributed by atoms with E-state index in [1.165, 1.54) is 12.1 Å². The fourth-order valence-corrected chi connectivity index (χ4v) is 2.62. The van der Waals surface area contributed by atoms with Gasteiger partial charge in [-0.25, -0.2) is 4.79 Å². The van der Waals surface area contributed by atoms with Gasteiger partial charge in [0.2, 0.25) is 0 Å². The van der Waals surface area contributed by atoms with Crippen LogP contribution in [0.1, 0.15) is 29.8 Å². The summed E-state index contributed by atoms with van der Waals surface area (Å²) in [6.07, 6.45) is 0. The fraction of sp³-hybridized carbons (Fsp3) is 0.222. The molecule has 0 spiro atoms.